The Kier molecular flexibility index (Phi) is 4.12. The number of hydrogen-bond acceptors (Lipinski definition) is 3. The van der Waals surface area contributed by atoms with E-state index in [1.165, 1.54) is 28.4 Å². The van der Waals surface area contributed by atoms with Crippen LogP contribution in [0.25, 0.3) is 10.1 Å². The van der Waals surface area contributed by atoms with Crippen LogP contribution in [0.1, 0.15) is 9.67 Å². The van der Waals surface area contributed by atoms with E-state index >= 15 is 0 Å². The van der Waals surface area contributed by atoms with E-state index in [0.717, 1.165) is 31.6 Å². The highest BCUT2D eigenvalue weighted by Crippen LogP contribution is 2.35. The van der Waals surface area contributed by atoms with Crippen LogP contribution in [0.2, 0.25) is 5.02 Å². The molecule has 0 radical (unpaired) electrons. The third kappa shape index (κ3) is 3.03. The molecule has 1 aromatic carbocycles. The first kappa shape index (κ1) is 14.7. The minimum atomic E-state index is -0.325. The molecule has 1 amide bonds. The van der Waals surface area contributed by atoms with Crippen molar-refractivity contribution in [3.63, 3.8) is 0 Å². The number of nitrogens with zero attached hydrogens (tertiary/aromatic N) is 1. The first-order chi connectivity index (χ1) is 10.0. The lowest BCUT2D eigenvalue weighted by molar-refractivity contribution is -0.884. The van der Waals surface area contributed by atoms with Crippen molar-refractivity contribution >= 4 is 38.9 Å². The van der Waals surface area contributed by atoms with E-state index < -0.39 is 0 Å². The van der Waals surface area contributed by atoms with Crippen LogP contribution in [0.5, 0.6) is 0 Å². The van der Waals surface area contributed by atoms with E-state index in [0.29, 0.717) is 14.6 Å². The van der Waals surface area contributed by atoms with Gasteiger partial charge >= 0.3 is 0 Å². The zero-order valence-electron chi connectivity index (χ0n) is 11.6. The summed E-state index contributed by atoms with van der Waals surface area (Å²) in [6, 6.07) is 4.37. The topological polar surface area (TPSA) is 36.8 Å². The van der Waals surface area contributed by atoms with Crippen molar-refractivity contribution in [2.24, 2.45) is 0 Å². The number of amides is 1. The summed E-state index contributed by atoms with van der Waals surface area (Å²) in [6.07, 6.45) is 0. The van der Waals surface area contributed by atoms with Gasteiger partial charge in [-0.3, -0.25) is 10.2 Å². The molecule has 1 aromatic heterocycles. The molecule has 1 aliphatic rings. The van der Waals surface area contributed by atoms with E-state index in [1.807, 2.05) is 5.01 Å². The molecule has 0 aliphatic carbocycles. The Hall–Kier alpha value is -1.21. The fourth-order valence-electron chi connectivity index (χ4n) is 2.38. The number of rotatable bonds is 2. The zero-order chi connectivity index (χ0) is 15.0. The summed E-state index contributed by atoms with van der Waals surface area (Å²) in [5.74, 6) is -0.546. The van der Waals surface area contributed by atoms with Gasteiger partial charge in [0.1, 0.15) is 10.7 Å². The lowest BCUT2D eigenvalue weighted by atomic mass is 10.2. The third-order valence-corrected chi connectivity index (χ3v) is 5.33. The minimum absolute atomic E-state index is 0.221. The molecule has 0 atom stereocenters. The highest BCUT2D eigenvalue weighted by Gasteiger charge is 2.22. The Morgan fingerprint density at radius 2 is 2.14 bits per heavy atom. The van der Waals surface area contributed by atoms with Gasteiger partial charge in [0.05, 0.1) is 38.2 Å². The van der Waals surface area contributed by atoms with Crippen LogP contribution >= 0.6 is 22.9 Å². The second-order valence-electron chi connectivity index (χ2n) is 5.27. The molecule has 0 bridgehead atoms. The Labute approximate surface area is 131 Å². The average molecular weight is 329 g/mol. The molecular weight excluding hydrogens is 313 g/mol. The van der Waals surface area contributed by atoms with Crippen LogP contribution in [-0.2, 0) is 0 Å². The second kappa shape index (κ2) is 5.88. The van der Waals surface area contributed by atoms with Crippen LogP contribution in [0.4, 0.5) is 4.39 Å². The van der Waals surface area contributed by atoms with Crippen LogP contribution in [0.15, 0.2) is 18.2 Å². The quantitative estimate of drug-likeness (QED) is 0.868. The summed E-state index contributed by atoms with van der Waals surface area (Å²) in [5, 5.41) is 3.03. The predicted octanol–water partition coefficient (Wildman–Crippen LogP) is 1.17. The molecule has 2 N–H and O–H groups in total. The number of carbonyl (C=O) groups excluding carboxylic acids is 1. The molecule has 1 aliphatic heterocycles. The number of fused-ring (bicyclic) bond motifs is 1. The smallest absolute Gasteiger partial charge is 0.277 e. The highest BCUT2D eigenvalue weighted by molar-refractivity contribution is 7.21. The van der Waals surface area contributed by atoms with E-state index in [9.17, 15) is 9.18 Å². The van der Waals surface area contributed by atoms with Crippen molar-refractivity contribution < 1.29 is 14.1 Å². The maximum Gasteiger partial charge on any atom is 0.277 e. The van der Waals surface area contributed by atoms with Gasteiger partial charge in [-0.25, -0.2) is 9.40 Å². The van der Waals surface area contributed by atoms with Gasteiger partial charge in [0.2, 0.25) is 0 Å². The van der Waals surface area contributed by atoms with Gasteiger partial charge in [-0.15, -0.1) is 11.3 Å². The molecule has 1 fully saturated rings. The SMILES string of the molecule is C[NH+]1CCN(NC(=O)c2sc3cc(F)ccc3c2Cl)CC1. The van der Waals surface area contributed by atoms with Crippen molar-refractivity contribution in [1.82, 2.24) is 10.4 Å². The number of halogens is 2. The summed E-state index contributed by atoms with van der Waals surface area (Å²) in [6.45, 7) is 3.61. The average Bonchev–Trinajstić information content (AvgIpc) is 2.78. The van der Waals surface area contributed by atoms with Gasteiger partial charge in [-0.2, -0.15) is 0 Å². The first-order valence-electron chi connectivity index (χ1n) is 6.79. The summed E-state index contributed by atoms with van der Waals surface area (Å²) in [5.41, 5.74) is 2.89. The number of thiophene rings is 1. The minimum Gasteiger partial charge on any atom is -0.335 e. The number of carbonyl (C=O) groups is 1. The summed E-state index contributed by atoms with van der Waals surface area (Å²) in [4.78, 5) is 14.2. The third-order valence-electron chi connectivity index (χ3n) is 3.67. The fraction of sp³-hybridized carbons (Fsp3) is 0.357. The molecule has 112 valence electrons. The van der Waals surface area contributed by atoms with E-state index in [4.69, 9.17) is 11.6 Å². The zero-order valence-corrected chi connectivity index (χ0v) is 13.2. The fourth-order valence-corrected chi connectivity index (χ4v) is 3.81. The lowest BCUT2D eigenvalue weighted by Gasteiger charge is -2.29. The first-order valence-corrected chi connectivity index (χ1v) is 7.99. The van der Waals surface area contributed by atoms with Crippen molar-refractivity contribution in [1.29, 1.82) is 0 Å². The van der Waals surface area contributed by atoms with Crippen molar-refractivity contribution in [3.8, 4) is 0 Å². The van der Waals surface area contributed by atoms with Crippen LogP contribution in [0, 0.1) is 5.82 Å². The summed E-state index contributed by atoms with van der Waals surface area (Å²) >= 11 is 7.47. The van der Waals surface area contributed by atoms with Gasteiger partial charge in [-0.05, 0) is 18.2 Å². The monoisotopic (exact) mass is 328 g/mol. The van der Waals surface area contributed by atoms with Gasteiger partial charge in [0.25, 0.3) is 5.91 Å². The number of likely N-dealkylation sites (N-methyl/N-ethyl adjacent to an activating group) is 1. The van der Waals surface area contributed by atoms with Crippen LogP contribution in [0.3, 0.4) is 0 Å². The molecule has 4 nitrogen and oxygen atoms in total. The maximum atomic E-state index is 13.2. The van der Waals surface area contributed by atoms with Crippen molar-refractivity contribution in [3.05, 3.63) is 33.9 Å². The molecular formula is C14H16ClFN3OS+. The Morgan fingerprint density at radius 3 is 2.86 bits per heavy atom. The number of benzene rings is 1. The van der Waals surface area contributed by atoms with Gasteiger partial charge in [-0.1, -0.05) is 11.6 Å². The summed E-state index contributed by atoms with van der Waals surface area (Å²) in [7, 11) is 2.14. The number of hydrazine groups is 1. The molecule has 2 aromatic rings. The largest absolute Gasteiger partial charge is 0.335 e. The summed E-state index contributed by atoms with van der Waals surface area (Å²) < 4.78 is 13.9. The van der Waals surface area contributed by atoms with Crippen LogP contribution < -0.4 is 10.3 Å². The molecule has 1 saturated heterocycles. The number of nitrogens with one attached hydrogen (secondary N) is 2. The van der Waals surface area contributed by atoms with E-state index in [-0.39, 0.29) is 11.7 Å². The van der Waals surface area contributed by atoms with Gasteiger partial charge in [0, 0.05) is 10.1 Å². The Balaban J connectivity index is 1.80. The molecule has 7 heteroatoms. The number of hydrogen-bond donors (Lipinski definition) is 2. The van der Waals surface area contributed by atoms with E-state index in [2.05, 4.69) is 12.5 Å². The van der Waals surface area contributed by atoms with Gasteiger partial charge in [0.15, 0.2) is 0 Å². The van der Waals surface area contributed by atoms with Crippen molar-refractivity contribution in [2.75, 3.05) is 33.2 Å². The lowest BCUT2D eigenvalue weighted by Crippen LogP contribution is -3.12. The van der Waals surface area contributed by atoms with Gasteiger partial charge < -0.3 is 4.90 Å². The highest BCUT2D eigenvalue weighted by atomic mass is 35.5. The second-order valence-corrected chi connectivity index (χ2v) is 6.70. The standard InChI is InChI=1S/C14H15ClFN3OS/c1-18-4-6-19(7-5-18)17-14(20)13-12(15)10-3-2-9(16)8-11(10)21-13/h2-3,8H,4-7H2,1H3,(H,17,20)/p+1. The molecule has 3 rings (SSSR count). The number of piperazine rings is 1. The van der Waals surface area contributed by atoms with Crippen molar-refractivity contribution in [2.45, 2.75) is 0 Å². The number of quaternary nitrogens is 1. The van der Waals surface area contributed by atoms with E-state index in [1.54, 1.807) is 6.07 Å². The Bertz CT molecular complexity index is 682. The normalized spacial score (nSPS) is 17.3. The molecule has 21 heavy (non-hydrogen) atoms. The molecule has 0 saturated carbocycles. The molecule has 0 unspecified atom stereocenters. The Morgan fingerprint density at radius 1 is 1.43 bits per heavy atom. The maximum absolute atomic E-state index is 13.2. The van der Waals surface area contributed by atoms with Crippen LogP contribution in [-0.4, -0.2) is 44.1 Å². The predicted molar refractivity (Wildman–Crippen MR) is 82.5 cm³/mol. The molecule has 2 heterocycles. The molecule has 0 spiro atoms.